The predicted molar refractivity (Wildman–Crippen MR) is 74.0 cm³/mol. The maximum absolute atomic E-state index is 11.6. The Balaban J connectivity index is 2.38. The molecular formula is C12H11Cl2N3O2. The van der Waals surface area contributed by atoms with Crippen molar-refractivity contribution in [2.45, 2.75) is 6.92 Å². The molecule has 0 unspecified atom stereocenters. The quantitative estimate of drug-likeness (QED) is 0.885. The van der Waals surface area contributed by atoms with E-state index in [1.807, 2.05) is 0 Å². The van der Waals surface area contributed by atoms with Crippen LogP contribution < -0.4 is 5.73 Å². The van der Waals surface area contributed by atoms with Gasteiger partial charge in [0.2, 0.25) is 0 Å². The van der Waals surface area contributed by atoms with Crippen LogP contribution in [0.5, 0.6) is 0 Å². The van der Waals surface area contributed by atoms with Gasteiger partial charge in [0, 0.05) is 0 Å². The molecule has 2 aromatic rings. The van der Waals surface area contributed by atoms with Gasteiger partial charge in [-0.2, -0.15) is 5.10 Å². The van der Waals surface area contributed by atoms with Crippen molar-refractivity contribution in [1.29, 1.82) is 0 Å². The molecule has 1 heterocycles. The highest BCUT2D eigenvalue weighted by Gasteiger charge is 2.16. The first kappa shape index (κ1) is 13.7. The van der Waals surface area contributed by atoms with Gasteiger partial charge in [-0.3, -0.25) is 0 Å². The summed E-state index contributed by atoms with van der Waals surface area (Å²) >= 11 is 11.8. The van der Waals surface area contributed by atoms with Crippen LogP contribution in [0.4, 0.5) is 5.69 Å². The molecule has 100 valence electrons. The van der Waals surface area contributed by atoms with Gasteiger partial charge in [0.1, 0.15) is 0 Å². The van der Waals surface area contributed by atoms with Crippen LogP contribution in [0.15, 0.2) is 24.4 Å². The van der Waals surface area contributed by atoms with E-state index in [9.17, 15) is 4.79 Å². The van der Waals surface area contributed by atoms with Gasteiger partial charge in [0.15, 0.2) is 5.69 Å². The monoisotopic (exact) mass is 299 g/mol. The molecule has 7 heteroatoms. The topological polar surface area (TPSA) is 70.1 Å². The second-order valence-corrected chi connectivity index (χ2v) is 4.51. The minimum atomic E-state index is -0.557. The molecule has 0 spiro atoms. The maximum Gasteiger partial charge on any atom is 0.361 e. The normalized spacial score (nSPS) is 10.5. The van der Waals surface area contributed by atoms with E-state index in [0.29, 0.717) is 15.7 Å². The first-order chi connectivity index (χ1) is 9.02. The second-order valence-electron chi connectivity index (χ2n) is 3.70. The number of halogens is 2. The third kappa shape index (κ3) is 2.83. The number of benzene rings is 1. The molecule has 0 aliphatic carbocycles. The number of nitrogen functional groups attached to an aromatic ring is 1. The third-order valence-electron chi connectivity index (χ3n) is 2.38. The van der Waals surface area contributed by atoms with E-state index in [0.717, 1.165) is 0 Å². The molecule has 0 amide bonds. The number of carbonyl (C=O) groups excluding carboxylic acids is 1. The van der Waals surface area contributed by atoms with Crippen molar-refractivity contribution < 1.29 is 9.53 Å². The Morgan fingerprint density at radius 3 is 2.79 bits per heavy atom. The summed E-state index contributed by atoms with van der Waals surface area (Å²) < 4.78 is 6.31. The van der Waals surface area contributed by atoms with Crippen molar-refractivity contribution >= 4 is 34.9 Å². The number of anilines is 1. The largest absolute Gasteiger partial charge is 0.461 e. The number of ether oxygens (including phenoxy) is 1. The lowest BCUT2D eigenvalue weighted by Crippen LogP contribution is -2.08. The lowest BCUT2D eigenvalue weighted by atomic mass is 10.3. The number of hydrogen-bond donors (Lipinski definition) is 1. The Kier molecular flexibility index (Phi) is 3.97. The summed E-state index contributed by atoms with van der Waals surface area (Å²) in [4.78, 5) is 11.6. The van der Waals surface area contributed by atoms with E-state index in [1.165, 1.54) is 10.9 Å². The molecule has 2 rings (SSSR count). The van der Waals surface area contributed by atoms with Crippen molar-refractivity contribution in [3.8, 4) is 5.69 Å². The van der Waals surface area contributed by atoms with Gasteiger partial charge in [0.25, 0.3) is 0 Å². The van der Waals surface area contributed by atoms with Gasteiger partial charge < -0.3 is 10.5 Å². The molecular weight excluding hydrogens is 289 g/mol. The number of carbonyl (C=O) groups is 1. The SMILES string of the molecule is CCOC(=O)c1nn(-c2ccc(Cl)c(Cl)c2)cc1N. The van der Waals surface area contributed by atoms with E-state index in [4.69, 9.17) is 33.7 Å². The van der Waals surface area contributed by atoms with E-state index in [1.54, 1.807) is 25.1 Å². The van der Waals surface area contributed by atoms with Gasteiger partial charge in [-0.05, 0) is 25.1 Å². The Bertz CT molecular complexity index is 625. The number of nitrogens with zero attached hydrogens (tertiary/aromatic N) is 2. The number of aromatic nitrogens is 2. The van der Waals surface area contributed by atoms with Crippen molar-refractivity contribution in [1.82, 2.24) is 9.78 Å². The van der Waals surface area contributed by atoms with Gasteiger partial charge in [-0.1, -0.05) is 23.2 Å². The summed E-state index contributed by atoms with van der Waals surface area (Å²) in [5.41, 5.74) is 6.70. The average molecular weight is 300 g/mol. The van der Waals surface area contributed by atoms with E-state index in [2.05, 4.69) is 5.10 Å². The standard InChI is InChI=1S/C12H11Cl2N3O2/c1-2-19-12(18)11-10(15)6-17(16-11)7-3-4-8(13)9(14)5-7/h3-6H,2,15H2,1H3. The van der Waals surface area contributed by atoms with Gasteiger partial charge >= 0.3 is 5.97 Å². The molecule has 2 N–H and O–H groups in total. The molecule has 0 radical (unpaired) electrons. The fourth-order valence-corrected chi connectivity index (χ4v) is 1.80. The Morgan fingerprint density at radius 1 is 1.42 bits per heavy atom. The van der Waals surface area contributed by atoms with Crippen LogP contribution in [0.25, 0.3) is 5.69 Å². The maximum atomic E-state index is 11.6. The third-order valence-corrected chi connectivity index (χ3v) is 3.12. The number of rotatable bonds is 3. The van der Waals surface area contributed by atoms with Gasteiger partial charge in [-0.25, -0.2) is 9.48 Å². The van der Waals surface area contributed by atoms with Crippen LogP contribution in [0.1, 0.15) is 17.4 Å². The highest BCUT2D eigenvalue weighted by Crippen LogP contribution is 2.25. The fourth-order valence-electron chi connectivity index (χ4n) is 1.51. The van der Waals surface area contributed by atoms with Crippen LogP contribution in [0.3, 0.4) is 0 Å². The van der Waals surface area contributed by atoms with Crippen LogP contribution in [0, 0.1) is 0 Å². The lowest BCUT2D eigenvalue weighted by molar-refractivity contribution is 0.0520. The Hall–Kier alpha value is -1.72. The molecule has 19 heavy (non-hydrogen) atoms. The summed E-state index contributed by atoms with van der Waals surface area (Å²) in [6, 6.07) is 4.99. The second kappa shape index (κ2) is 5.50. The summed E-state index contributed by atoms with van der Waals surface area (Å²) in [6.45, 7) is 1.97. The molecule has 1 aromatic heterocycles. The zero-order valence-corrected chi connectivity index (χ0v) is 11.6. The average Bonchev–Trinajstić information content (AvgIpc) is 2.75. The van der Waals surface area contributed by atoms with Crippen molar-refractivity contribution in [2.24, 2.45) is 0 Å². The smallest absolute Gasteiger partial charge is 0.361 e. The first-order valence-electron chi connectivity index (χ1n) is 5.50. The van der Waals surface area contributed by atoms with Crippen LogP contribution in [0.2, 0.25) is 10.0 Å². The molecule has 0 fully saturated rings. The van der Waals surface area contributed by atoms with Crippen molar-refractivity contribution in [3.05, 3.63) is 40.1 Å². The first-order valence-corrected chi connectivity index (χ1v) is 6.26. The minimum absolute atomic E-state index is 0.0768. The number of esters is 1. The van der Waals surface area contributed by atoms with Gasteiger partial charge in [-0.15, -0.1) is 0 Å². The lowest BCUT2D eigenvalue weighted by Gasteiger charge is -2.02. The molecule has 1 aromatic carbocycles. The highest BCUT2D eigenvalue weighted by atomic mass is 35.5. The van der Waals surface area contributed by atoms with Crippen LogP contribution in [-0.2, 0) is 4.74 Å². The number of hydrogen-bond acceptors (Lipinski definition) is 4. The molecule has 0 bridgehead atoms. The summed E-state index contributed by atoms with van der Waals surface area (Å²) in [7, 11) is 0. The summed E-state index contributed by atoms with van der Waals surface area (Å²) in [5, 5.41) is 4.92. The Labute approximate surface area is 119 Å². The molecule has 0 aliphatic rings. The molecule has 0 atom stereocenters. The zero-order valence-electron chi connectivity index (χ0n) is 10.1. The highest BCUT2D eigenvalue weighted by molar-refractivity contribution is 6.42. The fraction of sp³-hybridized carbons (Fsp3) is 0.167. The molecule has 0 saturated carbocycles. The van der Waals surface area contributed by atoms with E-state index >= 15 is 0 Å². The number of nitrogens with two attached hydrogens (primary N) is 1. The van der Waals surface area contributed by atoms with E-state index in [-0.39, 0.29) is 18.0 Å². The summed E-state index contributed by atoms with van der Waals surface area (Å²) in [5.74, 6) is -0.557. The van der Waals surface area contributed by atoms with E-state index < -0.39 is 5.97 Å². The van der Waals surface area contributed by atoms with Crippen molar-refractivity contribution in [3.63, 3.8) is 0 Å². The molecule has 5 nitrogen and oxygen atoms in total. The summed E-state index contributed by atoms with van der Waals surface area (Å²) in [6.07, 6.45) is 1.52. The minimum Gasteiger partial charge on any atom is -0.461 e. The van der Waals surface area contributed by atoms with Gasteiger partial charge in [0.05, 0.1) is 34.2 Å². The van der Waals surface area contributed by atoms with Crippen LogP contribution >= 0.6 is 23.2 Å². The molecule has 0 aliphatic heterocycles. The Morgan fingerprint density at radius 2 is 2.16 bits per heavy atom. The zero-order chi connectivity index (χ0) is 14.0. The van der Waals surface area contributed by atoms with Crippen molar-refractivity contribution in [2.75, 3.05) is 12.3 Å². The van der Waals surface area contributed by atoms with Crippen LogP contribution in [-0.4, -0.2) is 22.4 Å². The predicted octanol–water partition coefficient (Wildman–Crippen LogP) is 2.94. The molecule has 0 saturated heterocycles.